The van der Waals surface area contributed by atoms with Gasteiger partial charge in [-0.15, -0.1) is 0 Å². The van der Waals surface area contributed by atoms with Gasteiger partial charge in [0.05, 0.1) is 24.2 Å². The van der Waals surface area contributed by atoms with E-state index in [9.17, 15) is 4.79 Å². The lowest BCUT2D eigenvalue weighted by molar-refractivity contribution is 0.0364. The molecule has 4 aromatic heterocycles. The highest BCUT2D eigenvalue weighted by molar-refractivity contribution is 6.31. The molecule has 6 rings (SSSR count). The number of aryl methyl sites for hydroxylation is 1. The van der Waals surface area contributed by atoms with Gasteiger partial charge in [-0.3, -0.25) is 14.1 Å². The van der Waals surface area contributed by atoms with Gasteiger partial charge >= 0.3 is 0 Å². The quantitative estimate of drug-likeness (QED) is 0.377. The van der Waals surface area contributed by atoms with E-state index in [1.54, 1.807) is 33.5 Å². The molecule has 0 N–H and O–H groups in total. The van der Waals surface area contributed by atoms with Crippen LogP contribution < -0.4 is 5.56 Å². The maximum absolute atomic E-state index is 13.8. The molecule has 0 amide bonds. The minimum absolute atomic E-state index is 0.150. The second-order valence-corrected chi connectivity index (χ2v) is 8.63. The lowest BCUT2D eigenvalue weighted by Crippen LogP contribution is -2.39. The lowest BCUT2D eigenvalue weighted by atomic mass is 10.2. The summed E-state index contributed by atoms with van der Waals surface area (Å²) in [6.45, 7) is 6.12. The SMILES string of the molecule is Cc1ccc(-c2noc(-c3ncn4c3c(=O)n(CCN3CCOCC3)c3cc(Cl)ccc34)n2)o1. The summed E-state index contributed by atoms with van der Waals surface area (Å²) in [6.07, 6.45) is 1.59. The predicted octanol–water partition coefficient (Wildman–Crippen LogP) is 3.25. The molecule has 1 aliphatic rings. The number of hydrogen-bond acceptors (Lipinski definition) is 8. The number of hydrogen-bond donors (Lipinski definition) is 0. The molecule has 1 aliphatic heterocycles. The van der Waals surface area contributed by atoms with E-state index in [4.69, 9.17) is 25.3 Å². The van der Waals surface area contributed by atoms with Gasteiger partial charge in [-0.1, -0.05) is 16.8 Å². The Morgan fingerprint density at radius 1 is 1.09 bits per heavy atom. The van der Waals surface area contributed by atoms with Crippen molar-refractivity contribution in [2.24, 2.45) is 0 Å². The molecule has 0 unspecified atom stereocenters. The monoisotopic (exact) mass is 480 g/mol. The summed E-state index contributed by atoms with van der Waals surface area (Å²) in [7, 11) is 0. The van der Waals surface area contributed by atoms with Gasteiger partial charge in [-0.05, 0) is 37.3 Å². The van der Waals surface area contributed by atoms with Gasteiger partial charge in [0.2, 0.25) is 5.82 Å². The summed E-state index contributed by atoms with van der Waals surface area (Å²) < 4.78 is 20.0. The van der Waals surface area contributed by atoms with Crippen molar-refractivity contribution in [2.45, 2.75) is 13.5 Å². The molecule has 34 heavy (non-hydrogen) atoms. The molecule has 0 bridgehead atoms. The van der Waals surface area contributed by atoms with Crippen LogP contribution in [-0.2, 0) is 11.3 Å². The van der Waals surface area contributed by atoms with Crippen molar-refractivity contribution in [3.63, 3.8) is 0 Å². The first-order chi connectivity index (χ1) is 16.6. The third-order valence-electron chi connectivity index (χ3n) is 6.04. The van der Waals surface area contributed by atoms with Crippen molar-refractivity contribution < 1.29 is 13.7 Å². The largest absolute Gasteiger partial charge is 0.458 e. The first-order valence-corrected chi connectivity index (χ1v) is 11.4. The Balaban J connectivity index is 1.48. The average Bonchev–Trinajstić information content (AvgIpc) is 3.59. The Morgan fingerprint density at radius 2 is 1.94 bits per heavy atom. The van der Waals surface area contributed by atoms with E-state index in [1.165, 1.54) is 0 Å². The molecule has 0 aliphatic carbocycles. The zero-order valence-electron chi connectivity index (χ0n) is 18.4. The zero-order chi connectivity index (χ0) is 23.2. The molecule has 1 saturated heterocycles. The van der Waals surface area contributed by atoms with Crippen LogP contribution in [0, 0.1) is 6.92 Å². The van der Waals surface area contributed by atoms with Gasteiger partial charge in [-0.25, -0.2) is 4.98 Å². The van der Waals surface area contributed by atoms with Crippen LogP contribution in [0.3, 0.4) is 0 Å². The Kier molecular flexibility index (Phi) is 5.20. The van der Waals surface area contributed by atoms with Crippen LogP contribution in [-0.4, -0.2) is 61.8 Å². The Morgan fingerprint density at radius 3 is 2.74 bits per heavy atom. The molecular weight excluding hydrogens is 460 g/mol. The number of halogens is 1. The molecular formula is C23H21ClN6O4. The van der Waals surface area contributed by atoms with E-state index in [0.29, 0.717) is 54.1 Å². The number of furan rings is 1. The predicted molar refractivity (Wildman–Crippen MR) is 125 cm³/mol. The molecule has 10 nitrogen and oxygen atoms in total. The summed E-state index contributed by atoms with van der Waals surface area (Å²) in [5, 5.41) is 4.57. The number of ether oxygens (including phenoxy) is 1. The summed E-state index contributed by atoms with van der Waals surface area (Å²) in [4.78, 5) is 24.9. The molecule has 11 heteroatoms. The minimum Gasteiger partial charge on any atom is -0.458 e. The number of nitrogens with zero attached hydrogens (tertiary/aromatic N) is 6. The maximum Gasteiger partial charge on any atom is 0.279 e. The standard InChI is InChI=1S/C23H21ClN6O4/c1-14-2-5-18(33-14)21-26-22(34-27-21)19-20-23(31)29(7-6-28-8-10-32-11-9-28)17-12-15(24)3-4-16(17)30(20)13-25-19/h2-5,12-13H,6-11H2,1H3. The number of rotatable bonds is 5. The zero-order valence-corrected chi connectivity index (χ0v) is 19.2. The van der Waals surface area contributed by atoms with Gasteiger partial charge in [0.25, 0.3) is 11.4 Å². The summed E-state index contributed by atoms with van der Waals surface area (Å²) in [6, 6.07) is 9.07. The Labute approximate surface area is 198 Å². The fourth-order valence-corrected chi connectivity index (χ4v) is 4.47. The van der Waals surface area contributed by atoms with Gasteiger partial charge < -0.3 is 18.2 Å². The fourth-order valence-electron chi connectivity index (χ4n) is 4.31. The van der Waals surface area contributed by atoms with Crippen LogP contribution in [0.5, 0.6) is 0 Å². The summed E-state index contributed by atoms with van der Waals surface area (Å²) in [5.41, 5.74) is 2.02. The van der Waals surface area contributed by atoms with Crippen LogP contribution in [0.1, 0.15) is 5.76 Å². The third kappa shape index (κ3) is 3.60. The molecule has 1 aromatic carbocycles. The molecule has 0 spiro atoms. The second kappa shape index (κ2) is 8.39. The minimum atomic E-state index is -0.205. The van der Waals surface area contributed by atoms with E-state index < -0.39 is 0 Å². The third-order valence-corrected chi connectivity index (χ3v) is 6.27. The van der Waals surface area contributed by atoms with Crippen LogP contribution in [0.2, 0.25) is 5.02 Å². The Bertz CT molecular complexity index is 1560. The molecule has 0 saturated carbocycles. The van der Waals surface area contributed by atoms with Crippen molar-refractivity contribution in [3.8, 4) is 23.2 Å². The van der Waals surface area contributed by atoms with Crippen molar-refractivity contribution in [2.75, 3.05) is 32.8 Å². The fraction of sp³-hybridized carbons (Fsp3) is 0.304. The molecule has 0 atom stereocenters. The molecule has 174 valence electrons. The number of fused-ring (bicyclic) bond motifs is 3. The van der Waals surface area contributed by atoms with Gasteiger partial charge in [0.15, 0.2) is 11.5 Å². The van der Waals surface area contributed by atoms with E-state index in [1.807, 2.05) is 19.1 Å². The molecule has 5 aromatic rings. The second-order valence-electron chi connectivity index (χ2n) is 8.19. The number of benzene rings is 1. The summed E-state index contributed by atoms with van der Waals surface area (Å²) >= 11 is 6.30. The lowest BCUT2D eigenvalue weighted by Gasteiger charge is -2.27. The van der Waals surface area contributed by atoms with Crippen LogP contribution in [0.25, 0.3) is 39.7 Å². The van der Waals surface area contributed by atoms with Gasteiger partial charge in [0.1, 0.15) is 17.6 Å². The molecule has 0 radical (unpaired) electrons. The summed E-state index contributed by atoms with van der Waals surface area (Å²) in [5.74, 6) is 1.67. The molecule has 1 fully saturated rings. The highest BCUT2D eigenvalue weighted by atomic mass is 35.5. The number of morpholine rings is 1. The van der Waals surface area contributed by atoms with E-state index >= 15 is 0 Å². The number of aromatic nitrogens is 5. The van der Waals surface area contributed by atoms with Crippen LogP contribution in [0.4, 0.5) is 0 Å². The maximum atomic E-state index is 13.8. The molecule has 5 heterocycles. The van der Waals surface area contributed by atoms with E-state index in [-0.39, 0.29) is 11.4 Å². The normalized spacial score (nSPS) is 15.0. The Hall–Kier alpha value is -3.47. The highest BCUT2D eigenvalue weighted by Crippen LogP contribution is 2.27. The first kappa shape index (κ1) is 21.1. The number of imidazole rings is 1. The van der Waals surface area contributed by atoms with Gasteiger partial charge in [0, 0.05) is 31.2 Å². The van der Waals surface area contributed by atoms with Gasteiger partial charge in [-0.2, -0.15) is 4.98 Å². The highest BCUT2D eigenvalue weighted by Gasteiger charge is 2.23. The first-order valence-electron chi connectivity index (χ1n) is 11.0. The van der Waals surface area contributed by atoms with E-state index in [0.717, 1.165) is 29.9 Å². The van der Waals surface area contributed by atoms with Crippen LogP contribution >= 0.6 is 11.6 Å². The average molecular weight is 481 g/mol. The van der Waals surface area contributed by atoms with Crippen LogP contribution in [0.15, 0.2) is 50.4 Å². The van der Waals surface area contributed by atoms with Crippen molar-refractivity contribution in [1.82, 2.24) is 29.0 Å². The smallest absolute Gasteiger partial charge is 0.279 e. The van der Waals surface area contributed by atoms with Crippen molar-refractivity contribution in [3.05, 3.63) is 57.8 Å². The van der Waals surface area contributed by atoms with Crippen molar-refractivity contribution >= 4 is 28.2 Å². The van der Waals surface area contributed by atoms with Crippen molar-refractivity contribution in [1.29, 1.82) is 0 Å². The van der Waals surface area contributed by atoms with E-state index in [2.05, 4.69) is 20.0 Å². The topological polar surface area (TPSA) is 104 Å².